The number of aliphatic hydroxyl groups is 1. The van der Waals surface area contributed by atoms with E-state index in [1.165, 1.54) is 0 Å². The molecule has 0 aromatic heterocycles. The van der Waals surface area contributed by atoms with E-state index in [1.807, 2.05) is 12.1 Å². The zero-order valence-electron chi connectivity index (χ0n) is 11.5. The Bertz CT molecular complexity index is 457. The van der Waals surface area contributed by atoms with Crippen molar-refractivity contribution in [3.63, 3.8) is 0 Å². The first kappa shape index (κ1) is 15.3. The summed E-state index contributed by atoms with van der Waals surface area (Å²) in [5, 5.41) is 17.1. The van der Waals surface area contributed by atoms with Crippen molar-refractivity contribution in [2.24, 2.45) is 0 Å². The van der Waals surface area contributed by atoms with Crippen molar-refractivity contribution in [1.29, 1.82) is 0 Å². The van der Waals surface area contributed by atoms with Gasteiger partial charge in [0.1, 0.15) is 0 Å². The van der Waals surface area contributed by atoms with Gasteiger partial charge in [-0.1, -0.05) is 23.7 Å². The van der Waals surface area contributed by atoms with E-state index in [4.69, 9.17) is 11.6 Å². The van der Waals surface area contributed by atoms with E-state index in [1.54, 1.807) is 12.1 Å². The van der Waals surface area contributed by atoms with Crippen molar-refractivity contribution in [3.8, 4) is 0 Å². The highest BCUT2D eigenvalue weighted by atomic mass is 35.5. The second kappa shape index (κ2) is 7.07. The van der Waals surface area contributed by atoms with Gasteiger partial charge in [-0.3, -0.25) is 4.79 Å². The first-order chi connectivity index (χ1) is 9.57. The Labute approximate surface area is 124 Å². The molecule has 1 atom stereocenters. The molecule has 1 aromatic rings. The third-order valence-electron chi connectivity index (χ3n) is 3.63. The highest BCUT2D eigenvalue weighted by Crippen LogP contribution is 2.18. The van der Waals surface area contributed by atoms with Crippen LogP contribution >= 0.6 is 11.6 Å². The van der Waals surface area contributed by atoms with Crippen LogP contribution < -0.4 is 10.6 Å². The quantitative estimate of drug-likeness (QED) is 0.789. The summed E-state index contributed by atoms with van der Waals surface area (Å²) in [6.07, 6.45) is 2.61. The predicted molar refractivity (Wildman–Crippen MR) is 79.8 cm³/mol. The topological polar surface area (TPSA) is 61.4 Å². The van der Waals surface area contributed by atoms with Crippen LogP contribution in [0.5, 0.6) is 0 Å². The van der Waals surface area contributed by atoms with E-state index >= 15 is 0 Å². The number of hydrogen-bond donors (Lipinski definition) is 3. The maximum absolute atomic E-state index is 11.9. The number of nitrogens with one attached hydrogen (secondary N) is 2. The Hall–Kier alpha value is -1.10. The van der Waals surface area contributed by atoms with Gasteiger partial charge >= 0.3 is 0 Å². The molecule has 1 saturated heterocycles. The molecule has 1 unspecified atom stereocenters. The molecule has 1 amide bonds. The van der Waals surface area contributed by atoms with Gasteiger partial charge < -0.3 is 15.7 Å². The number of carbonyl (C=O) groups is 1. The molecule has 1 aliphatic rings. The lowest BCUT2D eigenvalue weighted by molar-refractivity contribution is -0.121. The van der Waals surface area contributed by atoms with Gasteiger partial charge in [-0.2, -0.15) is 0 Å². The maximum atomic E-state index is 11.9. The van der Waals surface area contributed by atoms with E-state index in [-0.39, 0.29) is 12.3 Å². The molecule has 1 aliphatic heterocycles. The Morgan fingerprint density at radius 3 is 3.05 bits per heavy atom. The molecule has 2 rings (SSSR count). The van der Waals surface area contributed by atoms with E-state index < -0.39 is 5.60 Å². The van der Waals surface area contributed by atoms with Gasteiger partial charge in [0.2, 0.25) is 5.91 Å². The number of halogens is 1. The molecule has 5 heteroatoms. The summed E-state index contributed by atoms with van der Waals surface area (Å²) in [7, 11) is 0. The van der Waals surface area contributed by atoms with Crippen molar-refractivity contribution in [2.45, 2.75) is 31.3 Å². The van der Waals surface area contributed by atoms with Gasteiger partial charge in [-0.15, -0.1) is 0 Å². The fourth-order valence-electron chi connectivity index (χ4n) is 2.45. The fraction of sp³-hybridized carbons (Fsp3) is 0.533. The Morgan fingerprint density at radius 2 is 2.25 bits per heavy atom. The lowest BCUT2D eigenvalue weighted by atomic mass is 9.95. The first-order valence-electron chi connectivity index (χ1n) is 7.02. The number of amides is 1. The highest BCUT2D eigenvalue weighted by Gasteiger charge is 2.28. The first-order valence-corrected chi connectivity index (χ1v) is 7.39. The zero-order valence-corrected chi connectivity index (χ0v) is 12.2. The molecular formula is C15H21ClN2O2. The van der Waals surface area contributed by atoms with Gasteiger partial charge in [0.05, 0.1) is 12.0 Å². The Kier molecular flexibility index (Phi) is 5.40. The van der Waals surface area contributed by atoms with Gasteiger partial charge in [0.25, 0.3) is 0 Å². The molecule has 1 fully saturated rings. The number of hydrogen-bond acceptors (Lipinski definition) is 3. The van der Waals surface area contributed by atoms with E-state index in [0.717, 1.165) is 31.5 Å². The number of benzene rings is 1. The summed E-state index contributed by atoms with van der Waals surface area (Å²) in [6.45, 7) is 2.04. The molecule has 0 spiro atoms. The molecule has 0 bridgehead atoms. The van der Waals surface area contributed by atoms with Gasteiger partial charge in [0.15, 0.2) is 0 Å². The lowest BCUT2D eigenvalue weighted by Crippen LogP contribution is -2.43. The van der Waals surface area contributed by atoms with Gasteiger partial charge in [0, 0.05) is 11.6 Å². The van der Waals surface area contributed by atoms with E-state index in [2.05, 4.69) is 10.6 Å². The van der Waals surface area contributed by atoms with Crippen LogP contribution in [0.4, 0.5) is 0 Å². The van der Waals surface area contributed by atoms with Crippen molar-refractivity contribution in [1.82, 2.24) is 10.6 Å². The van der Waals surface area contributed by atoms with Crippen LogP contribution in [0, 0.1) is 0 Å². The van der Waals surface area contributed by atoms with Crippen LogP contribution in [0.15, 0.2) is 24.3 Å². The van der Waals surface area contributed by atoms with Crippen LogP contribution in [0.3, 0.4) is 0 Å². The summed E-state index contributed by atoms with van der Waals surface area (Å²) < 4.78 is 0. The number of carbonyl (C=O) groups excluding carboxylic acids is 1. The number of rotatable bonds is 4. The molecule has 3 N–H and O–H groups in total. The van der Waals surface area contributed by atoms with Crippen molar-refractivity contribution in [2.75, 3.05) is 19.6 Å². The zero-order chi connectivity index (χ0) is 14.4. The van der Waals surface area contributed by atoms with Crippen LogP contribution in [0.1, 0.15) is 24.8 Å². The van der Waals surface area contributed by atoms with Crippen molar-refractivity contribution < 1.29 is 9.90 Å². The second-order valence-electron chi connectivity index (χ2n) is 5.41. The minimum atomic E-state index is -0.784. The summed E-state index contributed by atoms with van der Waals surface area (Å²) in [5.41, 5.74) is 0.0950. The molecule has 1 aromatic carbocycles. The Balaban J connectivity index is 1.82. The molecule has 110 valence electrons. The Morgan fingerprint density at radius 1 is 1.40 bits per heavy atom. The lowest BCUT2D eigenvalue weighted by Gasteiger charge is -2.26. The van der Waals surface area contributed by atoms with E-state index in [0.29, 0.717) is 18.0 Å². The SMILES string of the molecule is O=C(Cc1cccc(Cl)c1)NCC1(O)CCCNCC1. The molecule has 20 heavy (non-hydrogen) atoms. The van der Waals surface area contributed by atoms with Crippen LogP contribution in [-0.2, 0) is 11.2 Å². The maximum Gasteiger partial charge on any atom is 0.224 e. The molecule has 0 aliphatic carbocycles. The third kappa shape index (κ3) is 4.78. The molecule has 1 heterocycles. The standard InChI is InChI=1S/C15H21ClN2O2/c16-13-4-1-3-12(9-13)10-14(19)18-11-15(20)5-2-7-17-8-6-15/h1,3-4,9,17,20H,2,5-8,10-11H2,(H,18,19). The summed E-state index contributed by atoms with van der Waals surface area (Å²) in [4.78, 5) is 11.9. The fourth-order valence-corrected chi connectivity index (χ4v) is 2.66. The molecule has 0 saturated carbocycles. The largest absolute Gasteiger partial charge is 0.388 e. The minimum absolute atomic E-state index is 0.0853. The van der Waals surface area contributed by atoms with Crippen molar-refractivity contribution in [3.05, 3.63) is 34.9 Å². The average molecular weight is 297 g/mol. The summed E-state index contributed by atoms with van der Waals surface area (Å²) >= 11 is 5.89. The average Bonchev–Trinajstić information content (AvgIpc) is 2.62. The van der Waals surface area contributed by atoms with Gasteiger partial charge in [-0.05, 0) is 50.0 Å². The van der Waals surface area contributed by atoms with Crippen LogP contribution in [0.2, 0.25) is 5.02 Å². The minimum Gasteiger partial charge on any atom is -0.388 e. The summed E-state index contributed by atoms with van der Waals surface area (Å²) in [6, 6.07) is 7.26. The smallest absolute Gasteiger partial charge is 0.224 e. The third-order valence-corrected chi connectivity index (χ3v) is 3.87. The van der Waals surface area contributed by atoms with Crippen LogP contribution in [-0.4, -0.2) is 36.2 Å². The molecule has 4 nitrogen and oxygen atoms in total. The van der Waals surface area contributed by atoms with Crippen LogP contribution in [0.25, 0.3) is 0 Å². The monoisotopic (exact) mass is 296 g/mol. The molecule has 0 radical (unpaired) electrons. The second-order valence-corrected chi connectivity index (χ2v) is 5.85. The van der Waals surface area contributed by atoms with Crippen molar-refractivity contribution >= 4 is 17.5 Å². The van der Waals surface area contributed by atoms with Gasteiger partial charge in [-0.25, -0.2) is 0 Å². The molecular weight excluding hydrogens is 276 g/mol. The highest BCUT2D eigenvalue weighted by molar-refractivity contribution is 6.30. The summed E-state index contributed by atoms with van der Waals surface area (Å²) in [5.74, 6) is -0.0853. The van der Waals surface area contributed by atoms with E-state index in [9.17, 15) is 9.90 Å². The normalized spacial score (nSPS) is 23.1. The predicted octanol–water partition coefficient (Wildman–Crippen LogP) is 1.50.